The summed E-state index contributed by atoms with van der Waals surface area (Å²) in [5, 5.41) is 0. The van der Waals surface area contributed by atoms with Gasteiger partial charge in [0.25, 0.3) is 0 Å². The van der Waals surface area contributed by atoms with Crippen LogP contribution < -0.4 is 5.59 Å². The highest BCUT2D eigenvalue weighted by Crippen LogP contribution is 2.36. The van der Waals surface area contributed by atoms with Gasteiger partial charge in [-0.15, -0.1) is 0 Å². The summed E-state index contributed by atoms with van der Waals surface area (Å²) in [6.07, 6.45) is 6.62. The summed E-state index contributed by atoms with van der Waals surface area (Å²) in [4.78, 5) is 17.1. The SMILES string of the molecule is CC1(C)OB(c2cncc(-c3ncccn3)n2)OC1(C)C. The van der Waals surface area contributed by atoms with E-state index in [1.54, 1.807) is 30.9 Å². The monoisotopic (exact) mass is 284 g/mol. The van der Waals surface area contributed by atoms with E-state index >= 15 is 0 Å². The normalized spacial score (nSPS) is 19.7. The van der Waals surface area contributed by atoms with Crippen molar-refractivity contribution in [2.24, 2.45) is 0 Å². The maximum atomic E-state index is 5.98. The lowest BCUT2D eigenvalue weighted by Crippen LogP contribution is -2.41. The highest BCUT2D eigenvalue weighted by atomic mass is 16.7. The first-order valence-corrected chi connectivity index (χ1v) is 6.84. The minimum atomic E-state index is -0.536. The number of nitrogens with zero attached hydrogens (tertiary/aromatic N) is 4. The fourth-order valence-electron chi connectivity index (χ4n) is 2.00. The predicted molar refractivity (Wildman–Crippen MR) is 78.8 cm³/mol. The van der Waals surface area contributed by atoms with Crippen LogP contribution in [0.1, 0.15) is 27.7 Å². The van der Waals surface area contributed by atoms with Crippen LogP contribution in [0.4, 0.5) is 0 Å². The van der Waals surface area contributed by atoms with Crippen molar-refractivity contribution in [1.82, 2.24) is 19.9 Å². The van der Waals surface area contributed by atoms with E-state index in [1.165, 1.54) is 0 Å². The van der Waals surface area contributed by atoms with Crippen LogP contribution in [0.3, 0.4) is 0 Å². The summed E-state index contributed by atoms with van der Waals surface area (Å²) in [6, 6.07) is 1.76. The Morgan fingerprint density at radius 2 is 1.57 bits per heavy atom. The van der Waals surface area contributed by atoms with Gasteiger partial charge in [0.05, 0.1) is 23.0 Å². The molecule has 2 aromatic heterocycles. The second-order valence-electron chi connectivity index (χ2n) is 5.99. The average molecular weight is 284 g/mol. The zero-order chi connectivity index (χ0) is 15.1. The minimum absolute atomic E-state index is 0.404. The third-order valence-corrected chi connectivity index (χ3v) is 3.94. The highest BCUT2D eigenvalue weighted by molar-refractivity contribution is 6.61. The van der Waals surface area contributed by atoms with Gasteiger partial charge >= 0.3 is 7.12 Å². The summed E-state index contributed by atoms with van der Waals surface area (Å²) >= 11 is 0. The molecule has 0 bridgehead atoms. The standard InChI is InChI=1S/C14H17BN4O2/c1-13(2)14(3,4)21-15(20-13)11-9-16-8-10(19-11)12-17-6-5-7-18-12/h5-9H,1-4H3. The van der Waals surface area contributed by atoms with E-state index in [-0.39, 0.29) is 0 Å². The molecular formula is C14H17BN4O2. The predicted octanol–water partition coefficient (Wildman–Crippen LogP) is 1.23. The van der Waals surface area contributed by atoms with Crippen molar-refractivity contribution < 1.29 is 9.31 Å². The number of hydrogen-bond acceptors (Lipinski definition) is 6. The molecule has 0 aliphatic carbocycles. The first-order valence-electron chi connectivity index (χ1n) is 6.84. The lowest BCUT2D eigenvalue weighted by molar-refractivity contribution is 0.00578. The van der Waals surface area contributed by atoms with Crippen molar-refractivity contribution in [1.29, 1.82) is 0 Å². The zero-order valence-electron chi connectivity index (χ0n) is 12.6. The van der Waals surface area contributed by atoms with Gasteiger partial charge in [-0.2, -0.15) is 0 Å². The molecule has 1 aliphatic heterocycles. The van der Waals surface area contributed by atoms with Crippen LogP contribution in [0, 0.1) is 0 Å². The third kappa shape index (κ3) is 2.54. The number of aromatic nitrogens is 4. The van der Waals surface area contributed by atoms with Crippen molar-refractivity contribution in [3.05, 3.63) is 30.9 Å². The molecule has 3 heterocycles. The van der Waals surface area contributed by atoms with Gasteiger partial charge < -0.3 is 9.31 Å². The van der Waals surface area contributed by atoms with Crippen molar-refractivity contribution in [2.45, 2.75) is 38.9 Å². The van der Waals surface area contributed by atoms with E-state index in [1.807, 2.05) is 27.7 Å². The molecule has 3 rings (SSSR count). The lowest BCUT2D eigenvalue weighted by Gasteiger charge is -2.32. The summed E-state index contributed by atoms with van der Waals surface area (Å²) in [6.45, 7) is 8.02. The maximum Gasteiger partial charge on any atom is 0.516 e. The van der Waals surface area contributed by atoms with E-state index in [9.17, 15) is 0 Å². The molecular weight excluding hydrogens is 267 g/mol. The van der Waals surface area contributed by atoms with E-state index in [0.717, 1.165) is 0 Å². The summed E-state index contributed by atoms with van der Waals surface area (Å²) in [5.74, 6) is 0.531. The largest absolute Gasteiger partial charge is 0.516 e. The van der Waals surface area contributed by atoms with Crippen molar-refractivity contribution >= 4 is 12.7 Å². The van der Waals surface area contributed by atoms with E-state index in [4.69, 9.17) is 9.31 Å². The molecule has 0 spiro atoms. The quantitative estimate of drug-likeness (QED) is 0.773. The zero-order valence-corrected chi connectivity index (χ0v) is 12.6. The Labute approximate surface area is 124 Å². The molecule has 7 heteroatoms. The molecule has 0 unspecified atom stereocenters. The van der Waals surface area contributed by atoms with Gasteiger partial charge in [-0.05, 0) is 33.8 Å². The number of rotatable bonds is 2. The van der Waals surface area contributed by atoms with Gasteiger partial charge in [-0.1, -0.05) is 0 Å². The Morgan fingerprint density at radius 1 is 0.952 bits per heavy atom. The van der Waals surface area contributed by atoms with Crippen LogP contribution in [-0.2, 0) is 9.31 Å². The Bertz CT molecular complexity index is 632. The topological polar surface area (TPSA) is 70.0 Å². The molecule has 0 N–H and O–H groups in total. The summed E-state index contributed by atoms with van der Waals surface area (Å²) in [5.41, 5.74) is 0.415. The van der Waals surface area contributed by atoms with E-state index < -0.39 is 18.3 Å². The molecule has 0 saturated carbocycles. The highest BCUT2D eigenvalue weighted by Gasteiger charge is 2.52. The van der Waals surface area contributed by atoms with Gasteiger partial charge in [-0.25, -0.2) is 9.97 Å². The Hall–Kier alpha value is -1.86. The molecule has 0 amide bonds. The van der Waals surface area contributed by atoms with Crippen LogP contribution in [-0.4, -0.2) is 38.3 Å². The molecule has 108 valence electrons. The van der Waals surface area contributed by atoms with Gasteiger partial charge in [0.15, 0.2) is 5.82 Å². The first kappa shape index (κ1) is 14.1. The average Bonchev–Trinajstić information content (AvgIpc) is 2.69. The molecule has 1 fully saturated rings. The van der Waals surface area contributed by atoms with Crippen LogP contribution in [0.15, 0.2) is 30.9 Å². The van der Waals surface area contributed by atoms with Gasteiger partial charge in [0.1, 0.15) is 5.69 Å². The van der Waals surface area contributed by atoms with Crippen LogP contribution >= 0.6 is 0 Å². The molecule has 6 nitrogen and oxygen atoms in total. The lowest BCUT2D eigenvalue weighted by atomic mass is 9.85. The van der Waals surface area contributed by atoms with Gasteiger partial charge in [-0.3, -0.25) is 9.97 Å². The van der Waals surface area contributed by atoms with E-state index in [2.05, 4.69) is 19.9 Å². The second kappa shape index (κ2) is 4.86. The third-order valence-electron chi connectivity index (χ3n) is 3.94. The van der Waals surface area contributed by atoms with Gasteiger partial charge in [0, 0.05) is 18.6 Å². The first-order chi connectivity index (χ1) is 9.89. The van der Waals surface area contributed by atoms with Crippen molar-refractivity contribution in [2.75, 3.05) is 0 Å². The van der Waals surface area contributed by atoms with E-state index in [0.29, 0.717) is 17.1 Å². The minimum Gasteiger partial charge on any atom is -0.398 e. The number of hydrogen-bond donors (Lipinski definition) is 0. The molecule has 0 atom stereocenters. The molecule has 0 radical (unpaired) electrons. The smallest absolute Gasteiger partial charge is 0.398 e. The molecule has 2 aromatic rings. The Balaban J connectivity index is 1.92. The Kier molecular flexibility index (Phi) is 3.26. The van der Waals surface area contributed by atoms with Crippen LogP contribution in [0.25, 0.3) is 11.5 Å². The van der Waals surface area contributed by atoms with Crippen molar-refractivity contribution in [3.63, 3.8) is 0 Å². The van der Waals surface area contributed by atoms with Crippen molar-refractivity contribution in [3.8, 4) is 11.5 Å². The summed E-state index contributed by atoms with van der Waals surface area (Å²) in [7, 11) is -0.536. The van der Waals surface area contributed by atoms with Crippen LogP contribution in [0.5, 0.6) is 0 Å². The fraction of sp³-hybridized carbons (Fsp3) is 0.429. The fourth-order valence-corrected chi connectivity index (χ4v) is 2.00. The second-order valence-corrected chi connectivity index (χ2v) is 5.99. The van der Waals surface area contributed by atoms with Crippen LogP contribution in [0.2, 0.25) is 0 Å². The van der Waals surface area contributed by atoms with Gasteiger partial charge in [0.2, 0.25) is 0 Å². The molecule has 1 aliphatic rings. The molecule has 1 saturated heterocycles. The maximum absolute atomic E-state index is 5.98. The molecule has 21 heavy (non-hydrogen) atoms. The summed E-state index contributed by atoms with van der Waals surface area (Å²) < 4.78 is 12.0. The molecule has 0 aromatic carbocycles. The Morgan fingerprint density at radius 3 is 2.19 bits per heavy atom.